The van der Waals surface area contributed by atoms with E-state index < -0.39 is 5.95 Å². The number of pyridine rings is 1. The maximum Gasteiger partial charge on any atom is 0.271 e. The van der Waals surface area contributed by atoms with Crippen molar-refractivity contribution in [3.05, 3.63) is 34.8 Å². The number of rotatable bonds is 7. The fourth-order valence-electron chi connectivity index (χ4n) is 2.09. The molecule has 0 atom stereocenters. The third kappa shape index (κ3) is 4.26. The van der Waals surface area contributed by atoms with Gasteiger partial charge in [-0.2, -0.15) is 9.65 Å². The average molecular weight is 347 g/mol. The van der Waals surface area contributed by atoms with E-state index in [0.29, 0.717) is 27.9 Å². The maximum absolute atomic E-state index is 13.3. The number of carbonyl (C=O) groups excluding carboxylic acids is 1. The molecule has 0 aromatic carbocycles. The van der Waals surface area contributed by atoms with Crippen molar-refractivity contribution in [1.82, 2.24) is 15.3 Å². The molecule has 2 rings (SSSR count). The molecule has 0 aliphatic heterocycles. The lowest BCUT2D eigenvalue weighted by atomic mass is 10.2. The molecule has 6 nitrogen and oxygen atoms in total. The number of nitriles is 1. The first-order valence-corrected chi connectivity index (χ1v) is 8.45. The summed E-state index contributed by atoms with van der Waals surface area (Å²) < 4.78 is 13.3. The van der Waals surface area contributed by atoms with Crippen LogP contribution in [-0.2, 0) is 0 Å². The molecular weight excluding hydrogens is 329 g/mol. The number of aromatic nitrogens is 2. The summed E-state index contributed by atoms with van der Waals surface area (Å²) in [5.41, 5.74) is 0.606. The minimum Gasteiger partial charge on any atom is -0.351 e. The van der Waals surface area contributed by atoms with Gasteiger partial charge in [0.2, 0.25) is 11.1 Å². The zero-order chi connectivity index (χ0) is 17.5. The van der Waals surface area contributed by atoms with Crippen molar-refractivity contribution in [3.63, 3.8) is 0 Å². The van der Waals surface area contributed by atoms with E-state index in [2.05, 4.69) is 22.2 Å². The van der Waals surface area contributed by atoms with Gasteiger partial charge in [0.05, 0.1) is 5.69 Å². The van der Waals surface area contributed by atoms with E-state index in [1.165, 1.54) is 28.5 Å². The monoisotopic (exact) mass is 347 g/mol. The predicted molar refractivity (Wildman–Crippen MR) is 90.7 cm³/mol. The zero-order valence-corrected chi connectivity index (χ0v) is 14.4. The van der Waals surface area contributed by atoms with Crippen LogP contribution in [0.1, 0.15) is 41.6 Å². The Labute approximate surface area is 144 Å². The van der Waals surface area contributed by atoms with E-state index in [1.807, 2.05) is 6.19 Å². The summed E-state index contributed by atoms with van der Waals surface area (Å²) in [5.74, 6) is -0.945. The molecule has 0 unspecified atom stereocenters. The fourth-order valence-corrected chi connectivity index (χ4v) is 2.98. The van der Waals surface area contributed by atoms with Crippen LogP contribution in [0.25, 0.3) is 0 Å². The number of thiazole rings is 1. The van der Waals surface area contributed by atoms with Crippen molar-refractivity contribution in [3.8, 4) is 6.19 Å². The van der Waals surface area contributed by atoms with Crippen molar-refractivity contribution < 1.29 is 9.18 Å². The Bertz CT molecular complexity index is 755. The van der Waals surface area contributed by atoms with Crippen LogP contribution in [0.3, 0.4) is 0 Å². The second-order valence-electron chi connectivity index (χ2n) is 5.14. The Morgan fingerprint density at radius 2 is 2.29 bits per heavy atom. The zero-order valence-electron chi connectivity index (χ0n) is 13.5. The smallest absolute Gasteiger partial charge is 0.271 e. The number of carbonyl (C=O) groups is 1. The summed E-state index contributed by atoms with van der Waals surface area (Å²) in [6, 6.07) is 2.65. The first-order valence-electron chi connectivity index (χ1n) is 7.63. The van der Waals surface area contributed by atoms with Gasteiger partial charge in [0.15, 0.2) is 6.19 Å². The topological polar surface area (TPSA) is 81.9 Å². The molecule has 8 heteroatoms. The number of hydrogen-bond donors (Lipinski definition) is 1. The quantitative estimate of drug-likeness (QED) is 0.359. The number of hydrogen-bond acceptors (Lipinski definition) is 6. The third-order valence-electron chi connectivity index (χ3n) is 3.33. The molecular formula is C16H18FN5OS. The minimum absolute atomic E-state index is 0.259. The standard InChI is InChI=1S/C16H18FN5OS/c1-3-4-5-7-20-15(23)14-11(2)24-16(21-14)22(10-18)12-6-8-19-13(17)9-12/h6,8-9H,3-5,7H2,1-2H3,(H,20,23). The molecule has 2 aromatic rings. The lowest BCUT2D eigenvalue weighted by molar-refractivity contribution is 0.0948. The Balaban J connectivity index is 2.17. The molecule has 126 valence electrons. The lowest BCUT2D eigenvalue weighted by Crippen LogP contribution is -2.25. The van der Waals surface area contributed by atoms with Crippen molar-refractivity contribution in [2.75, 3.05) is 11.4 Å². The van der Waals surface area contributed by atoms with Crippen LogP contribution in [0.4, 0.5) is 15.2 Å². The van der Waals surface area contributed by atoms with E-state index in [0.717, 1.165) is 25.3 Å². The number of nitrogens with one attached hydrogen (secondary N) is 1. The van der Waals surface area contributed by atoms with E-state index >= 15 is 0 Å². The molecule has 2 heterocycles. The highest BCUT2D eigenvalue weighted by atomic mass is 32.1. The summed E-state index contributed by atoms with van der Waals surface area (Å²) in [6.45, 7) is 4.46. The van der Waals surface area contributed by atoms with Gasteiger partial charge in [-0.3, -0.25) is 4.79 Å². The van der Waals surface area contributed by atoms with Gasteiger partial charge in [-0.1, -0.05) is 19.8 Å². The molecule has 1 N–H and O–H groups in total. The maximum atomic E-state index is 13.3. The highest BCUT2D eigenvalue weighted by molar-refractivity contribution is 7.16. The van der Waals surface area contributed by atoms with Gasteiger partial charge < -0.3 is 5.32 Å². The Morgan fingerprint density at radius 1 is 1.50 bits per heavy atom. The first kappa shape index (κ1) is 17.8. The molecule has 0 bridgehead atoms. The number of halogens is 1. The van der Waals surface area contributed by atoms with Crippen LogP contribution in [0.15, 0.2) is 18.3 Å². The van der Waals surface area contributed by atoms with Gasteiger partial charge in [0, 0.05) is 23.7 Å². The largest absolute Gasteiger partial charge is 0.351 e. The number of aryl methyl sites for hydroxylation is 1. The van der Waals surface area contributed by atoms with Crippen molar-refractivity contribution >= 4 is 28.1 Å². The minimum atomic E-state index is -0.685. The van der Waals surface area contributed by atoms with Crippen LogP contribution in [0, 0.1) is 24.3 Å². The highest BCUT2D eigenvalue weighted by Crippen LogP contribution is 2.30. The van der Waals surface area contributed by atoms with Gasteiger partial charge >= 0.3 is 0 Å². The number of anilines is 2. The predicted octanol–water partition coefficient (Wildman–Crippen LogP) is 3.52. The summed E-state index contributed by atoms with van der Waals surface area (Å²) in [4.78, 5) is 21.8. The third-order valence-corrected chi connectivity index (χ3v) is 4.28. The first-order chi connectivity index (χ1) is 11.6. The SMILES string of the molecule is CCCCCNC(=O)c1nc(N(C#N)c2ccnc(F)c2)sc1C. The Morgan fingerprint density at radius 3 is 2.96 bits per heavy atom. The summed E-state index contributed by atoms with van der Waals surface area (Å²) in [5, 5.41) is 12.5. The van der Waals surface area contributed by atoms with E-state index in [4.69, 9.17) is 0 Å². The Kier molecular flexibility index (Phi) is 6.21. The van der Waals surface area contributed by atoms with Crippen molar-refractivity contribution in [2.24, 2.45) is 0 Å². The van der Waals surface area contributed by atoms with Crippen LogP contribution in [-0.4, -0.2) is 22.4 Å². The molecule has 24 heavy (non-hydrogen) atoms. The molecule has 1 amide bonds. The molecule has 0 spiro atoms. The molecule has 0 saturated heterocycles. The van der Waals surface area contributed by atoms with Gasteiger partial charge in [-0.15, -0.1) is 11.3 Å². The fraction of sp³-hybridized carbons (Fsp3) is 0.375. The van der Waals surface area contributed by atoms with Crippen molar-refractivity contribution in [2.45, 2.75) is 33.1 Å². The van der Waals surface area contributed by atoms with Crippen LogP contribution < -0.4 is 10.2 Å². The molecule has 0 fully saturated rings. The second-order valence-corrected chi connectivity index (χ2v) is 6.32. The number of amides is 1. The van der Waals surface area contributed by atoms with Gasteiger partial charge in [-0.05, 0) is 19.4 Å². The number of nitrogens with zero attached hydrogens (tertiary/aromatic N) is 4. The van der Waals surface area contributed by atoms with Crippen LogP contribution >= 0.6 is 11.3 Å². The van der Waals surface area contributed by atoms with Gasteiger partial charge in [0.1, 0.15) is 5.69 Å². The molecule has 0 aliphatic carbocycles. The summed E-state index contributed by atoms with van der Waals surface area (Å²) >= 11 is 1.21. The number of unbranched alkanes of at least 4 members (excludes halogenated alkanes) is 2. The normalized spacial score (nSPS) is 10.2. The van der Waals surface area contributed by atoms with Crippen LogP contribution in [0.2, 0.25) is 0 Å². The molecule has 0 aliphatic rings. The molecule has 0 radical (unpaired) electrons. The average Bonchev–Trinajstić information content (AvgIpc) is 2.94. The highest BCUT2D eigenvalue weighted by Gasteiger charge is 2.20. The Hall–Kier alpha value is -2.53. The molecule has 2 aromatic heterocycles. The second kappa shape index (κ2) is 8.36. The van der Waals surface area contributed by atoms with Gasteiger partial charge in [-0.25, -0.2) is 14.9 Å². The summed E-state index contributed by atoms with van der Waals surface area (Å²) in [7, 11) is 0. The summed E-state index contributed by atoms with van der Waals surface area (Å²) in [6.07, 6.45) is 6.28. The van der Waals surface area contributed by atoms with E-state index in [-0.39, 0.29) is 5.91 Å². The van der Waals surface area contributed by atoms with Crippen LogP contribution in [0.5, 0.6) is 0 Å². The molecule has 0 saturated carbocycles. The van der Waals surface area contributed by atoms with Crippen molar-refractivity contribution in [1.29, 1.82) is 5.26 Å². The van der Waals surface area contributed by atoms with Gasteiger partial charge in [0.25, 0.3) is 5.91 Å². The lowest BCUT2D eigenvalue weighted by Gasteiger charge is -2.11. The van der Waals surface area contributed by atoms with E-state index in [1.54, 1.807) is 6.92 Å². The van der Waals surface area contributed by atoms with E-state index in [9.17, 15) is 14.4 Å².